The van der Waals surface area contributed by atoms with Crippen LogP contribution in [-0.4, -0.2) is 42.1 Å². The summed E-state index contributed by atoms with van der Waals surface area (Å²) in [6.07, 6.45) is 1.69. The van der Waals surface area contributed by atoms with Crippen LogP contribution in [0.15, 0.2) is 23.9 Å². The number of carbonyl (C=O) groups is 2. The Morgan fingerprint density at radius 1 is 1.40 bits per heavy atom. The van der Waals surface area contributed by atoms with Crippen molar-refractivity contribution in [2.24, 2.45) is 11.7 Å². The molecular formula is C17H21N3O4S. The Hall–Kier alpha value is -2.61. The molecule has 7 nitrogen and oxygen atoms in total. The Labute approximate surface area is 151 Å². The van der Waals surface area contributed by atoms with Crippen LogP contribution in [0.5, 0.6) is 11.5 Å². The Balaban J connectivity index is 2.22. The van der Waals surface area contributed by atoms with Crippen LogP contribution in [0.2, 0.25) is 0 Å². The lowest BCUT2D eigenvalue weighted by Gasteiger charge is -2.16. The van der Waals surface area contributed by atoms with Gasteiger partial charge in [0, 0.05) is 6.54 Å². The first-order valence-electron chi connectivity index (χ1n) is 7.75. The molecule has 0 unspecified atom stereocenters. The molecule has 25 heavy (non-hydrogen) atoms. The highest BCUT2D eigenvalue weighted by Gasteiger charge is 2.30. The van der Waals surface area contributed by atoms with Crippen molar-refractivity contribution in [3.05, 3.63) is 29.5 Å². The molecule has 2 rings (SSSR count). The Morgan fingerprint density at radius 3 is 2.72 bits per heavy atom. The van der Waals surface area contributed by atoms with Crippen molar-refractivity contribution >= 4 is 35.2 Å². The Bertz CT molecular complexity index is 731. The standard InChI is InChI=1S/C17H21N3O4S/c1-10(2)8-20-16(22)12(19-17(20)25)6-11-4-5-13(14(7-11)23-3)24-9-15(18)21/h4-7,10H,8-9H2,1-3H3,(H2,18,21)(H,19,25)/b12-6+. The van der Waals surface area contributed by atoms with Gasteiger partial charge in [-0.05, 0) is 41.9 Å². The maximum absolute atomic E-state index is 12.5. The zero-order chi connectivity index (χ0) is 18.6. The molecule has 134 valence electrons. The number of methoxy groups -OCH3 is 1. The van der Waals surface area contributed by atoms with Crippen LogP contribution in [0.4, 0.5) is 0 Å². The highest BCUT2D eigenvalue weighted by atomic mass is 32.1. The molecule has 1 heterocycles. The predicted molar refractivity (Wildman–Crippen MR) is 97.9 cm³/mol. The molecule has 0 bridgehead atoms. The smallest absolute Gasteiger partial charge is 0.276 e. The number of nitrogens with one attached hydrogen (secondary N) is 1. The van der Waals surface area contributed by atoms with Crippen LogP contribution < -0.4 is 20.5 Å². The van der Waals surface area contributed by atoms with Gasteiger partial charge in [0.1, 0.15) is 5.70 Å². The van der Waals surface area contributed by atoms with E-state index in [9.17, 15) is 9.59 Å². The Kier molecular flexibility index (Phi) is 5.97. The van der Waals surface area contributed by atoms with Crippen LogP contribution >= 0.6 is 12.2 Å². The molecule has 1 aliphatic rings. The van der Waals surface area contributed by atoms with Crippen molar-refractivity contribution < 1.29 is 19.1 Å². The van der Waals surface area contributed by atoms with Gasteiger partial charge in [-0.1, -0.05) is 19.9 Å². The zero-order valence-electron chi connectivity index (χ0n) is 14.4. The fraction of sp³-hybridized carbons (Fsp3) is 0.353. The number of rotatable bonds is 7. The van der Waals surface area contributed by atoms with E-state index in [-0.39, 0.29) is 12.5 Å². The number of nitrogens with zero attached hydrogens (tertiary/aromatic N) is 1. The fourth-order valence-corrected chi connectivity index (χ4v) is 2.58. The summed E-state index contributed by atoms with van der Waals surface area (Å²) >= 11 is 5.22. The quantitative estimate of drug-likeness (QED) is 0.560. The van der Waals surface area contributed by atoms with E-state index in [0.717, 1.165) is 5.56 Å². The van der Waals surface area contributed by atoms with Gasteiger partial charge < -0.3 is 20.5 Å². The largest absolute Gasteiger partial charge is 0.493 e. The summed E-state index contributed by atoms with van der Waals surface area (Å²) < 4.78 is 10.5. The van der Waals surface area contributed by atoms with Gasteiger partial charge in [0.25, 0.3) is 11.8 Å². The van der Waals surface area contributed by atoms with Gasteiger partial charge in [0.2, 0.25) is 0 Å². The zero-order valence-corrected chi connectivity index (χ0v) is 15.2. The number of nitrogens with two attached hydrogens (primary N) is 1. The first kappa shape index (κ1) is 18.7. The highest BCUT2D eigenvalue weighted by Crippen LogP contribution is 2.29. The van der Waals surface area contributed by atoms with E-state index in [4.69, 9.17) is 27.4 Å². The summed E-state index contributed by atoms with van der Waals surface area (Å²) in [4.78, 5) is 24.8. The summed E-state index contributed by atoms with van der Waals surface area (Å²) in [5.74, 6) is 0.401. The molecule has 0 spiro atoms. The van der Waals surface area contributed by atoms with Gasteiger partial charge in [0.05, 0.1) is 7.11 Å². The summed E-state index contributed by atoms with van der Waals surface area (Å²) in [5.41, 5.74) is 6.20. The molecule has 0 aromatic heterocycles. The van der Waals surface area contributed by atoms with Crippen molar-refractivity contribution in [2.75, 3.05) is 20.3 Å². The highest BCUT2D eigenvalue weighted by molar-refractivity contribution is 7.80. The second-order valence-corrected chi connectivity index (χ2v) is 6.35. The SMILES string of the molecule is COc1cc(/C=C2/NC(=S)N(CC(C)C)C2=O)ccc1OCC(N)=O. The lowest BCUT2D eigenvalue weighted by atomic mass is 10.1. The minimum absolute atomic E-state index is 0.160. The topological polar surface area (TPSA) is 93.9 Å². The van der Waals surface area contributed by atoms with Crippen molar-refractivity contribution in [2.45, 2.75) is 13.8 Å². The molecule has 1 fully saturated rings. The number of amides is 2. The minimum Gasteiger partial charge on any atom is -0.493 e. The summed E-state index contributed by atoms with van der Waals surface area (Å²) in [6, 6.07) is 5.10. The average molecular weight is 363 g/mol. The van der Waals surface area contributed by atoms with E-state index >= 15 is 0 Å². The first-order chi connectivity index (χ1) is 11.8. The molecular weight excluding hydrogens is 342 g/mol. The Morgan fingerprint density at radius 2 is 2.12 bits per heavy atom. The molecule has 0 radical (unpaired) electrons. The van der Waals surface area contributed by atoms with Gasteiger partial charge in [-0.2, -0.15) is 0 Å². The number of ether oxygens (including phenoxy) is 2. The number of carbonyl (C=O) groups excluding carboxylic acids is 2. The van der Waals surface area contributed by atoms with Gasteiger partial charge in [-0.3, -0.25) is 14.5 Å². The molecule has 0 aliphatic carbocycles. The number of thiocarbonyl (C=S) groups is 1. The van der Waals surface area contributed by atoms with E-state index in [1.54, 1.807) is 29.2 Å². The second-order valence-electron chi connectivity index (χ2n) is 5.96. The summed E-state index contributed by atoms with van der Waals surface area (Å²) in [7, 11) is 1.49. The summed E-state index contributed by atoms with van der Waals surface area (Å²) in [6.45, 7) is 4.36. The first-order valence-corrected chi connectivity index (χ1v) is 8.16. The third kappa shape index (κ3) is 4.69. The number of benzene rings is 1. The van der Waals surface area contributed by atoms with Crippen LogP contribution in [0.3, 0.4) is 0 Å². The van der Waals surface area contributed by atoms with Gasteiger partial charge in [-0.25, -0.2) is 0 Å². The van der Waals surface area contributed by atoms with E-state index < -0.39 is 5.91 Å². The monoisotopic (exact) mass is 363 g/mol. The maximum Gasteiger partial charge on any atom is 0.276 e. The van der Waals surface area contributed by atoms with Crippen LogP contribution in [0, 0.1) is 5.92 Å². The molecule has 1 saturated heterocycles. The van der Waals surface area contributed by atoms with E-state index in [1.807, 2.05) is 13.8 Å². The third-order valence-corrected chi connectivity index (χ3v) is 3.70. The van der Waals surface area contributed by atoms with E-state index in [1.165, 1.54) is 7.11 Å². The predicted octanol–water partition coefficient (Wildman–Crippen LogP) is 1.27. The molecule has 1 aromatic carbocycles. The molecule has 0 saturated carbocycles. The van der Waals surface area contributed by atoms with Crippen molar-refractivity contribution in [3.8, 4) is 11.5 Å². The normalized spacial score (nSPS) is 15.7. The lowest BCUT2D eigenvalue weighted by molar-refractivity contribution is -0.122. The maximum atomic E-state index is 12.5. The molecule has 3 N–H and O–H groups in total. The van der Waals surface area contributed by atoms with Crippen LogP contribution in [-0.2, 0) is 9.59 Å². The molecule has 1 aromatic rings. The van der Waals surface area contributed by atoms with Crippen molar-refractivity contribution in [1.29, 1.82) is 0 Å². The summed E-state index contributed by atoms with van der Waals surface area (Å²) in [5, 5.41) is 3.34. The van der Waals surface area contributed by atoms with Crippen LogP contribution in [0.25, 0.3) is 6.08 Å². The lowest BCUT2D eigenvalue weighted by Crippen LogP contribution is -2.33. The average Bonchev–Trinajstić information content (AvgIpc) is 2.80. The van der Waals surface area contributed by atoms with E-state index in [0.29, 0.717) is 34.8 Å². The fourth-order valence-electron chi connectivity index (χ4n) is 2.31. The third-order valence-electron chi connectivity index (χ3n) is 3.38. The second kappa shape index (κ2) is 7.98. The van der Waals surface area contributed by atoms with Crippen molar-refractivity contribution in [3.63, 3.8) is 0 Å². The minimum atomic E-state index is -0.576. The molecule has 0 atom stereocenters. The number of hydrogen-bond acceptors (Lipinski definition) is 5. The van der Waals surface area contributed by atoms with Crippen LogP contribution in [0.1, 0.15) is 19.4 Å². The van der Waals surface area contributed by atoms with Gasteiger partial charge in [-0.15, -0.1) is 0 Å². The molecule has 1 aliphatic heterocycles. The van der Waals surface area contributed by atoms with Gasteiger partial charge in [0.15, 0.2) is 23.2 Å². The molecule has 8 heteroatoms. The molecule has 2 amide bonds. The van der Waals surface area contributed by atoms with Gasteiger partial charge >= 0.3 is 0 Å². The van der Waals surface area contributed by atoms with Crippen molar-refractivity contribution in [1.82, 2.24) is 10.2 Å². The number of hydrogen-bond donors (Lipinski definition) is 2. The number of primary amides is 1. The van der Waals surface area contributed by atoms with E-state index in [2.05, 4.69) is 5.32 Å².